The van der Waals surface area contributed by atoms with E-state index in [0.29, 0.717) is 19.8 Å². The van der Waals surface area contributed by atoms with E-state index < -0.39 is 0 Å². The molecule has 7 heteroatoms. The molecule has 0 aliphatic carbocycles. The Hall–Kier alpha value is -2.64. The van der Waals surface area contributed by atoms with E-state index in [1.54, 1.807) is 0 Å². The van der Waals surface area contributed by atoms with E-state index in [-0.39, 0.29) is 11.9 Å². The van der Waals surface area contributed by atoms with Crippen LogP contribution in [0, 0.1) is 0 Å². The molecule has 154 valence electrons. The quantitative estimate of drug-likeness (QED) is 0.804. The summed E-state index contributed by atoms with van der Waals surface area (Å²) in [5.74, 6) is 1.56. The van der Waals surface area contributed by atoms with E-state index in [0.717, 1.165) is 55.5 Å². The molecule has 2 aromatic rings. The van der Waals surface area contributed by atoms with Gasteiger partial charge in [-0.2, -0.15) is 0 Å². The summed E-state index contributed by atoms with van der Waals surface area (Å²) in [6, 6.07) is 11.8. The van der Waals surface area contributed by atoms with Gasteiger partial charge < -0.3 is 14.8 Å². The summed E-state index contributed by atoms with van der Waals surface area (Å²) in [4.78, 5) is 21.5. The van der Waals surface area contributed by atoms with Gasteiger partial charge in [0.25, 0.3) is 0 Å². The van der Waals surface area contributed by atoms with Crippen LogP contribution in [-0.2, 0) is 11.3 Å². The van der Waals surface area contributed by atoms with E-state index in [1.165, 1.54) is 0 Å². The van der Waals surface area contributed by atoms with Crippen LogP contribution in [0.25, 0.3) is 0 Å². The monoisotopic (exact) mass is 396 g/mol. The maximum absolute atomic E-state index is 12.5. The molecule has 1 saturated heterocycles. The molecule has 2 aliphatic rings. The molecule has 1 N–H and O–H groups in total. The van der Waals surface area contributed by atoms with Gasteiger partial charge in [-0.25, -0.2) is 0 Å². The van der Waals surface area contributed by atoms with Crippen molar-refractivity contribution < 1.29 is 14.3 Å². The first-order chi connectivity index (χ1) is 14.2. The number of amides is 1. The molecule has 4 rings (SSSR count). The lowest BCUT2D eigenvalue weighted by Gasteiger charge is -2.34. The number of pyridine rings is 1. The van der Waals surface area contributed by atoms with Gasteiger partial charge in [0.05, 0.1) is 18.3 Å². The van der Waals surface area contributed by atoms with Gasteiger partial charge in [-0.15, -0.1) is 0 Å². The second kappa shape index (κ2) is 9.24. The molecule has 0 saturated carbocycles. The molecule has 0 unspecified atom stereocenters. The van der Waals surface area contributed by atoms with Gasteiger partial charge in [0.1, 0.15) is 13.2 Å². The summed E-state index contributed by atoms with van der Waals surface area (Å²) < 4.78 is 11.2. The Labute approximate surface area is 171 Å². The second-order valence-electron chi connectivity index (χ2n) is 7.57. The topological polar surface area (TPSA) is 66.9 Å². The number of carbonyl (C=O) groups excluding carboxylic acids is 1. The third kappa shape index (κ3) is 5.25. The van der Waals surface area contributed by atoms with E-state index in [2.05, 4.69) is 26.2 Å². The molecule has 1 aromatic heterocycles. The zero-order valence-corrected chi connectivity index (χ0v) is 16.8. The zero-order chi connectivity index (χ0) is 20.1. The Bertz CT molecular complexity index is 822. The van der Waals surface area contributed by atoms with Crippen molar-refractivity contribution in [3.63, 3.8) is 0 Å². The second-order valence-corrected chi connectivity index (χ2v) is 7.57. The fourth-order valence-corrected chi connectivity index (χ4v) is 3.73. The van der Waals surface area contributed by atoms with Crippen molar-refractivity contribution in [2.75, 3.05) is 45.9 Å². The number of ether oxygens (including phenoxy) is 2. The van der Waals surface area contributed by atoms with Crippen molar-refractivity contribution in [1.29, 1.82) is 0 Å². The maximum Gasteiger partial charge on any atom is 0.234 e. The number of fused-ring (bicyclic) bond motifs is 1. The number of carbonyl (C=O) groups is 1. The number of hydrogen-bond acceptors (Lipinski definition) is 6. The Morgan fingerprint density at radius 2 is 1.83 bits per heavy atom. The Morgan fingerprint density at radius 1 is 1.07 bits per heavy atom. The number of benzene rings is 1. The smallest absolute Gasteiger partial charge is 0.234 e. The van der Waals surface area contributed by atoms with Crippen molar-refractivity contribution >= 4 is 5.91 Å². The van der Waals surface area contributed by atoms with Crippen LogP contribution >= 0.6 is 0 Å². The van der Waals surface area contributed by atoms with Gasteiger partial charge in [-0.3, -0.25) is 19.6 Å². The largest absolute Gasteiger partial charge is 0.486 e. The number of piperazine rings is 1. The van der Waals surface area contributed by atoms with Crippen molar-refractivity contribution in [3.8, 4) is 11.5 Å². The number of nitrogens with one attached hydrogen (secondary N) is 1. The van der Waals surface area contributed by atoms with E-state index >= 15 is 0 Å². The minimum Gasteiger partial charge on any atom is -0.486 e. The molecular formula is C22H28N4O3. The molecule has 0 radical (unpaired) electrons. The van der Waals surface area contributed by atoms with Crippen molar-refractivity contribution in [2.45, 2.75) is 19.5 Å². The molecule has 7 nitrogen and oxygen atoms in total. The van der Waals surface area contributed by atoms with Gasteiger partial charge in [-0.1, -0.05) is 12.1 Å². The molecule has 0 bridgehead atoms. The third-order valence-electron chi connectivity index (χ3n) is 5.39. The molecular weight excluding hydrogens is 368 g/mol. The molecule has 29 heavy (non-hydrogen) atoms. The number of nitrogens with zero attached hydrogens (tertiary/aromatic N) is 3. The zero-order valence-electron chi connectivity index (χ0n) is 16.8. The Morgan fingerprint density at radius 3 is 2.59 bits per heavy atom. The number of hydrogen-bond donors (Lipinski definition) is 1. The fourth-order valence-electron chi connectivity index (χ4n) is 3.73. The molecule has 1 amide bonds. The summed E-state index contributed by atoms with van der Waals surface area (Å²) in [6.45, 7) is 8.08. The molecule has 1 atom stereocenters. The summed E-state index contributed by atoms with van der Waals surface area (Å²) in [7, 11) is 0. The third-order valence-corrected chi connectivity index (χ3v) is 5.39. The van der Waals surface area contributed by atoms with Crippen LogP contribution < -0.4 is 14.8 Å². The molecule has 0 spiro atoms. The predicted molar refractivity (Wildman–Crippen MR) is 110 cm³/mol. The van der Waals surface area contributed by atoms with Crippen LogP contribution in [0.15, 0.2) is 42.6 Å². The number of aromatic nitrogens is 1. The van der Waals surface area contributed by atoms with E-state index in [4.69, 9.17) is 9.47 Å². The highest BCUT2D eigenvalue weighted by Gasteiger charge is 2.21. The minimum absolute atomic E-state index is 0.0468. The Kier molecular flexibility index (Phi) is 6.27. The molecule has 1 aromatic carbocycles. The van der Waals surface area contributed by atoms with E-state index in [1.807, 2.05) is 43.5 Å². The van der Waals surface area contributed by atoms with Gasteiger partial charge in [0.15, 0.2) is 11.5 Å². The standard InChI is InChI=1S/C22H28N4O3/c1-17(18-5-6-20-21(14-18)29-13-12-28-20)24-22(27)16-26-10-8-25(9-11-26)15-19-4-2-3-7-23-19/h2-7,14,17H,8-13,15-16H2,1H3,(H,24,27)/t17-/m1/s1. The highest BCUT2D eigenvalue weighted by molar-refractivity contribution is 5.78. The number of rotatable bonds is 6. The van der Waals surface area contributed by atoms with Crippen LogP contribution in [0.5, 0.6) is 11.5 Å². The molecule has 2 aliphatic heterocycles. The lowest BCUT2D eigenvalue weighted by atomic mass is 10.1. The first-order valence-corrected chi connectivity index (χ1v) is 10.2. The first kappa shape index (κ1) is 19.7. The van der Waals surface area contributed by atoms with Crippen LogP contribution in [0.2, 0.25) is 0 Å². The van der Waals surface area contributed by atoms with Crippen LogP contribution in [-0.4, -0.2) is 66.6 Å². The summed E-state index contributed by atoms with van der Waals surface area (Å²) >= 11 is 0. The summed E-state index contributed by atoms with van der Waals surface area (Å²) in [5.41, 5.74) is 2.11. The minimum atomic E-state index is -0.0798. The lowest BCUT2D eigenvalue weighted by molar-refractivity contribution is -0.123. The molecule has 3 heterocycles. The average molecular weight is 396 g/mol. The SMILES string of the molecule is C[C@@H](NC(=O)CN1CCN(Cc2ccccn2)CC1)c1ccc2c(c1)OCCO2. The maximum atomic E-state index is 12.5. The summed E-state index contributed by atoms with van der Waals surface area (Å²) in [6.07, 6.45) is 1.83. The van der Waals surface area contributed by atoms with Gasteiger partial charge >= 0.3 is 0 Å². The van der Waals surface area contributed by atoms with Crippen molar-refractivity contribution in [3.05, 3.63) is 53.9 Å². The molecule has 1 fully saturated rings. The van der Waals surface area contributed by atoms with Crippen molar-refractivity contribution in [2.24, 2.45) is 0 Å². The highest BCUT2D eigenvalue weighted by Crippen LogP contribution is 2.32. The lowest BCUT2D eigenvalue weighted by Crippen LogP contribution is -2.49. The average Bonchev–Trinajstić information content (AvgIpc) is 2.75. The van der Waals surface area contributed by atoms with E-state index in [9.17, 15) is 4.79 Å². The Balaban J connectivity index is 1.23. The first-order valence-electron chi connectivity index (χ1n) is 10.2. The van der Waals surface area contributed by atoms with Gasteiger partial charge in [-0.05, 0) is 36.8 Å². The van der Waals surface area contributed by atoms with Crippen LogP contribution in [0.3, 0.4) is 0 Å². The normalized spacial score (nSPS) is 18.2. The van der Waals surface area contributed by atoms with Crippen molar-refractivity contribution in [1.82, 2.24) is 20.1 Å². The van der Waals surface area contributed by atoms with Gasteiger partial charge in [0, 0.05) is 38.9 Å². The summed E-state index contributed by atoms with van der Waals surface area (Å²) in [5, 5.41) is 3.10. The van der Waals surface area contributed by atoms with Crippen LogP contribution in [0.1, 0.15) is 24.2 Å². The van der Waals surface area contributed by atoms with Gasteiger partial charge in [0.2, 0.25) is 5.91 Å². The van der Waals surface area contributed by atoms with Crippen LogP contribution in [0.4, 0.5) is 0 Å². The predicted octanol–water partition coefficient (Wildman–Crippen LogP) is 1.85. The fraction of sp³-hybridized carbons (Fsp3) is 0.455. The highest BCUT2D eigenvalue weighted by atomic mass is 16.6.